The number of nitrogens with zero attached hydrogens (tertiary/aromatic N) is 3. The fourth-order valence-corrected chi connectivity index (χ4v) is 5.28. The van der Waals surface area contributed by atoms with Gasteiger partial charge in [-0.25, -0.2) is 0 Å². The van der Waals surface area contributed by atoms with Crippen molar-refractivity contribution in [3.8, 4) is 0 Å². The molecule has 0 saturated carbocycles. The number of carbonyl (C=O) groups excluding carboxylic acids is 6. The molecule has 0 atom stereocenters. The smallest absolute Gasteiger partial charge is 0.258 e. The van der Waals surface area contributed by atoms with Gasteiger partial charge in [0, 0.05) is 70.1 Å². The highest BCUT2D eigenvalue weighted by Gasteiger charge is 2.28. The first kappa shape index (κ1) is 32.4. The third kappa shape index (κ3) is 6.69. The van der Waals surface area contributed by atoms with Crippen LogP contribution in [0.15, 0.2) is 54.6 Å². The van der Waals surface area contributed by atoms with Gasteiger partial charge in [0.1, 0.15) is 0 Å². The maximum absolute atomic E-state index is 14.2. The molecule has 6 amide bonds. The van der Waals surface area contributed by atoms with Crippen LogP contribution in [0, 0.1) is 0 Å². The normalized spacial score (nSPS) is 13.4. The number of rotatable bonds is 9. The molecule has 0 aromatic heterocycles. The van der Waals surface area contributed by atoms with Crippen molar-refractivity contribution in [1.29, 1.82) is 0 Å². The van der Waals surface area contributed by atoms with Crippen molar-refractivity contribution in [3.05, 3.63) is 88.0 Å². The van der Waals surface area contributed by atoms with E-state index in [1.807, 2.05) is 20.8 Å². The minimum atomic E-state index is -0.813. The maximum atomic E-state index is 14.2. The molecule has 12 heteroatoms. The molecule has 3 aromatic carbocycles. The van der Waals surface area contributed by atoms with Crippen molar-refractivity contribution in [2.45, 2.75) is 40.0 Å². The maximum Gasteiger partial charge on any atom is 0.258 e. The zero-order valence-electron chi connectivity index (χ0n) is 25.5. The summed E-state index contributed by atoms with van der Waals surface area (Å²) in [6.45, 7) is 6.11. The first-order valence-corrected chi connectivity index (χ1v) is 14.7. The van der Waals surface area contributed by atoms with Gasteiger partial charge in [-0.1, -0.05) is 20.8 Å². The van der Waals surface area contributed by atoms with Crippen molar-refractivity contribution >= 4 is 52.5 Å². The van der Waals surface area contributed by atoms with Crippen LogP contribution in [0.2, 0.25) is 0 Å². The number of carbonyl (C=O) groups is 6. The largest absolute Gasteiger partial charge is 0.366 e. The standard InChI is InChI=1S/C33H36N6O6/c1-4-7-37-25-13-19(28(34)40)11-23(16-25)32(44)39(9-6-3)27-15-21(30(36)42)12-24(18-27)33(45)38(8-5-2)26-14-20(29(35)41)10-22(17-26)31(37)43/h10-18H,4-9H2,1-3H3,(H2,34,40)(H2,35,41)(H2,36,42). The second-order valence-electron chi connectivity index (χ2n) is 10.8. The molecule has 6 bridgehead atoms. The molecule has 1 aliphatic heterocycles. The average Bonchev–Trinajstić information content (AvgIpc) is 3.02. The van der Waals surface area contributed by atoms with Gasteiger partial charge >= 0.3 is 0 Å². The highest BCUT2D eigenvalue weighted by Crippen LogP contribution is 2.30. The number of anilines is 3. The Labute approximate surface area is 260 Å². The molecule has 234 valence electrons. The molecule has 0 radical (unpaired) electrons. The number of hydrogen-bond acceptors (Lipinski definition) is 6. The Kier molecular flexibility index (Phi) is 9.66. The fourth-order valence-electron chi connectivity index (χ4n) is 5.28. The number of hydrogen-bond donors (Lipinski definition) is 3. The van der Waals surface area contributed by atoms with E-state index in [1.54, 1.807) is 0 Å². The molecule has 0 aliphatic carbocycles. The predicted molar refractivity (Wildman–Crippen MR) is 171 cm³/mol. The van der Waals surface area contributed by atoms with E-state index in [0.717, 1.165) is 0 Å². The lowest BCUT2D eigenvalue weighted by atomic mass is 10.0. The first-order chi connectivity index (χ1) is 21.4. The summed E-state index contributed by atoms with van der Waals surface area (Å²) >= 11 is 0. The van der Waals surface area contributed by atoms with Crippen molar-refractivity contribution in [2.24, 2.45) is 17.2 Å². The van der Waals surface area contributed by atoms with Crippen LogP contribution in [0.3, 0.4) is 0 Å². The second-order valence-corrected chi connectivity index (χ2v) is 10.8. The van der Waals surface area contributed by atoms with Crippen molar-refractivity contribution < 1.29 is 28.8 Å². The van der Waals surface area contributed by atoms with Gasteiger partial charge < -0.3 is 31.9 Å². The van der Waals surface area contributed by atoms with Gasteiger partial charge in [0.05, 0.1) is 0 Å². The van der Waals surface area contributed by atoms with Crippen LogP contribution in [-0.4, -0.2) is 55.1 Å². The third-order valence-electron chi connectivity index (χ3n) is 7.36. The fraction of sp³-hybridized carbons (Fsp3) is 0.273. The minimum absolute atomic E-state index is 0.00651. The van der Waals surface area contributed by atoms with E-state index >= 15 is 0 Å². The van der Waals surface area contributed by atoms with E-state index in [-0.39, 0.29) is 70.1 Å². The molecule has 1 heterocycles. The van der Waals surface area contributed by atoms with E-state index in [9.17, 15) is 28.8 Å². The van der Waals surface area contributed by atoms with Gasteiger partial charge in [-0.2, -0.15) is 0 Å². The summed E-state index contributed by atoms with van der Waals surface area (Å²) in [4.78, 5) is 84.0. The monoisotopic (exact) mass is 612 g/mol. The Hall–Kier alpha value is -5.52. The van der Waals surface area contributed by atoms with E-state index in [4.69, 9.17) is 17.2 Å². The van der Waals surface area contributed by atoms with Crippen molar-refractivity contribution in [1.82, 2.24) is 0 Å². The lowest BCUT2D eigenvalue weighted by Gasteiger charge is -2.26. The molecule has 6 N–H and O–H groups in total. The van der Waals surface area contributed by atoms with Gasteiger partial charge in [-0.15, -0.1) is 0 Å². The third-order valence-corrected chi connectivity index (χ3v) is 7.36. The van der Waals surface area contributed by atoms with Crippen LogP contribution in [0.4, 0.5) is 17.1 Å². The lowest BCUT2D eigenvalue weighted by molar-refractivity contribution is 0.0972. The van der Waals surface area contributed by atoms with E-state index in [0.29, 0.717) is 19.3 Å². The first-order valence-electron chi connectivity index (χ1n) is 14.7. The van der Waals surface area contributed by atoms with Crippen molar-refractivity contribution in [3.63, 3.8) is 0 Å². The van der Waals surface area contributed by atoms with Gasteiger partial charge in [0.25, 0.3) is 17.7 Å². The topological polar surface area (TPSA) is 190 Å². The molecule has 45 heavy (non-hydrogen) atoms. The SMILES string of the molecule is CCCN1C(=O)c2cc(C(N)=O)cc(c2)N(CCC)C(=O)c2cc(C(N)=O)cc(c2)N(CCC)C(=O)c2cc(C(N)=O)cc1c2. The number of amides is 6. The molecule has 3 aromatic rings. The Bertz CT molecular complexity index is 1520. The van der Waals surface area contributed by atoms with Crippen LogP contribution in [-0.2, 0) is 0 Å². The summed E-state index contributed by atoms with van der Waals surface area (Å²) in [7, 11) is 0. The van der Waals surface area contributed by atoms with E-state index in [1.165, 1.54) is 69.3 Å². The number of primary amides is 3. The molecule has 0 unspecified atom stereocenters. The van der Waals surface area contributed by atoms with Gasteiger partial charge in [0.2, 0.25) is 17.7 Å². The average molecular weight is 613 g/mol. The lowest BCUT2D eigenvalue weighted by Crippen LogP contribution is -2.34. The molecule has 0 spiro atoms. The summed E-state index contributed by atoms with van der Waals surface area (Å²) in [5.74, 6) is -4.10. The predicted octanol–water partition coefficient (Wildman–Crippen LogP) is 3.47. The van der Waals surface area contributed by atoms with Crippen LogP contribution in [0.5, 0.6) is 0 Å². The van der Waals surface area contributed by atoms with Gasteiger partial charge in [-0.05, 0) is 73.9 Å². The molecular formula is C33H36N6O6. The Morgan fingerprint density at radius 3 is 0.911 bits per heavy atom. The minimum Gasteiger partial charge on any atom is -0.366 e. The van der Waals surface area contributed by atoms with E-state index in [2.05, 4.69) is 0 Å². The Morgan fingerprint density at radius 2 is 0.711 bits per heavy atom. The molecular weight excluding hydrogens is 576 g/mol. The summed E-state index contributed by atoms with van der Waals surface area (Å²) in [6.07, 6.45) is 1.51. The van der Waals surface area contributed by atoms with Crippen LogP contribution < -0.4 is 31.9 Å². The number of fused-ring (bicyclic) bond motifs is 6. The molecule has 12 nitrogen and oxygen atoms in total. The zero-order chi connectivity index (χ0) is 33.0. The summed E-state index contributed by atoms with van der Waals surface area (Å²) < 4.78 is 0. The molecule has 0 fully saturated rings. The van der Waals surface area contributed by atoms with Crippen LogP contribution in [0.1, 0.15) is 102 Å². The summed E-state index contributed by atoms with van der Waals surface area (Å²) in [5.41, 5.74) is 17.8. The van der Waals surface area contributed by atoms with E-state index < -0.39 is 35.4 Å². The second kappa shape index (κ2) is 13.4. The summed E-state index contributed by atoms with van der Waals surface area (Å²) in [5, 5.41) is 0. The number of nitrogens with two attached hydrogens (primary N) is 3. The van der Waals surface area contributed by atoms with Crippen molar-refractivity contribution in [2.75, 3.05) is 34.3 Å². The molecule has 0 saturated heterocycles. The Balaban J connectivity index is 2.15. The molecule has 1 aliphatic rings. The number of benzene rings is 3. The van der Waals surface area contributed by atoms with Crippen LogP contribution in [0.25, 0.3) is 0 Å². The summed E-state index contributed by atoms with van der Waals surface area (Å²) in [6, 6.07) is 12.7. The Morgan fingerprint density at radius 1 is 0.467 bits per heavy atom. The molecule has 4 rings (SSSR count). The van der Waals surface area contributed by atoms with Gasteiger partial charge in [-0.3, -0.25) is 28.8 Å². The zero-order valence-corrected chi connectivity index (χ0v) is 25.5. The van der Waals surface area contributed by atoms with Crippen LogP contribution >= 0.6 is 0 Å². The van der Waals surface area contributed by atoms with Gasteiger partial charge in [0.15, 0.2) is 0 Å². The highest BCUT2D eigenvalue weighted by atomic mass is 16.2. The highest BCUT2D eigenvalue weighted by molar-refractivity contribution is 6.15. The quantitative estimate of drug-likeness (QED) is 0.331.